The van der Waals surface area contributed by atoms with Gasteiger partial charge < -0.3 is 10.0 Å². The van der Waals surface area contributed by atoms with E-state index < -0.39 is 5.72 Å². The molecule has 0 spiro atoms. The summed E-state index contributed by atoms with van der Waals surface area (Å²) in [4.78, 5) is 2.20. The minimum absolute atomic E-state index is 0.608. The average molecular weight is 329 g/mol. The van der Waals surface area contributed by atoms with Crippen molar-refractivity contribution in [2.45, 2.75) is 25.0 Å². The summed E-state index contributed by atoms with van der Waals surface area (Å²) in [6.45, 7) is 0.857. The molecule has 4 rings (SSSR count). The van der Waals surface area contributed by atoms with Crippen molar-refractivity contribution in [2.24, 2.45) is 0 Å². The maximum absolute atomic E-state index is 11.8. The van der Waals surface area contributed by atoms with Crippen LogP contribution in [0.1, 0.15) is 16.7 Å². The number of aliphatic hydroxyl groups is 1. The fourth-order valence-electron chi connectivity index (χ4n) is 3.87. The van der Waals surface area contributed by atoms with E-state index in [9.17, 15) is 5.11 Å². The van der Waals surface area contributed by atoms with E-state index >= 15 is 0 Å². The van der Waals surface area contributed by atoms with Gasteiger partial charge in [-0.25, -0.2) is 0 Å². The predicted octanol–water partition coefficient (Wildman–Crippen LogP) is 4.22. The van der Waals surface area contributed by atoms with Crippen LogP contribution in [0.25, 0.3) is 0 Å². The summed E-state index contributed by atoms with van der Waals surface area (Å²) in [5, 5.41) is 11.8. The van der Waals surface area contributed by atoms with Crippen molar-refractivity contribution < 1.29 is 5.11 Å². The lowest BCUT2D eigenvalue weighted by Crippen LogP contribution is -2.51. The summed E-state index contributed by atoms with van der Waals surface area (Å²) in [6, 6.07) is 29.0. The monoisotopic (exact) mass is 329 g/mol. The molecule has 0 amide bonds. The summed E-state index contributed by atoms with van der Waals surface area (Å²) in [7, 11) is 0. The van der Waals surface area contributed by atoms with Crippen LogP contribution in [0.5, 0.6) is 0 Å². The van der Waals surface area contributed by atoms with Gasteiger partial charge >= 0.3 is 0 Å². The number of fused-ring (bicyclic) bond motifs is 1. The van der Waals surface area contributed by atoms with Gasteiger partial charge in [0.25, 0.3) is 0 Å². The van der Waals surface area contributed by atoms with E-state index in [-0.39, 0.29) is 0 Å². The van der Waals surface area contributed by atoms with Gasteiger partial charge in [-0.3, -0.25) is 0 Å². The molecular formula is C23H23NO. The Balaban J connectivity index is 1.71. The lowest BCUT2D eigenvalue weighted by atomic mass is 9.93. The van der Waals surface area contributed by atoms with Crippen LogP contribution in [0.2, 0.25) is 0 Å². The predicted molar refractivity (Wildman–Crippen MR) is 103 cm³/mol. The van der Waals surface area contributed by atoms with Crippen LogP contribution < -0.4 is 4.90 Å². The van der Waals surface area contributed by atoms with E-state index in [1.54, 1.807) is 0 Å². The van der Waals surface area contributed by atoms with Gasteiger partial charge in [0.05, 0.1) is 0 Å². The Kier molecular flexibility index (Phi) is 4.29. The minimum Gasteiger partial charge on any atom is -0.370 e. The Hall–Kier alpha value is -2.58. The molecule has 0 unspecified atom stereocenters. The van der Waals surface area contributed by atoms with Gasteiger partial charge in [-0.1, -0.05) is 78.9 Å². The van der Waals surface area contributed by atoms with E-state index in [0.29, 0.717) is 12.8 Å². The zero-order chi connectivity index (χ0) is 17.1. The highest BCUT2D eigenvalue weighted by atomic mass is 16.3. The molecule has 0 bridgehead atoms. The molecule has 0 saturated carbocycles. The maximum atomic E-state index is 11.8. The molecule has 0 aliphatic carbocycles. The highest BCUT2D eigenvalue weighted by molar-refractivity contribution is 5.59. The fourth-order valence-corrected chi connectivity index (χ4v) is 3.87. The molecule has 2 heteroatoms. The Labute approximate surface area is 149 Å². The number of rotatable bonds is 5. The molecule has 1 N–H and O–H groups in total. The van der Waals surface area contributed by atoms with E-state index in [1.165, 1.54) is 5.56 Å². The second kappa shape index (κ2) is 6.73. The standard InChI is InChI=1S/C23H23NO/c25-23(17-19-9-3-1-4-10-19,18-20-11-5-2-6-12-20)24-16-15-21-13-7-8-14-22(21)24/h1-14,25H,15-18H2. The van der Waals surface area contributed by atoms with Crippen molar-refractivity contribution in [3.05, 3.63) is 102 Å². The van der Waals surface area contributed by atoms with Crippen LogP contribution in [-0.4, -0.2) is 17.4 Å². The number of hydrogen-bond acceptors (Lipinski definition) is 2. The van der Waals surface area contributed by atoms with Crippen molar-refractivity contribution in [1.82, 2.24) is 0 Å². The third-order valence-electron chi connectivity index (χ3n) is 5.05. The number of anilines is 1. The first-order chi connectivity index (χ1) is 12.2. The molecule has 25 heavy (non-hydrogen) atoms. The first-order valence-corrected chi connectivity index (χ1v) is 8.90. The van der Waals surface area contributed by atoms with E-state index in [1.807, 2.05) is 36.4 Å². The molecule has 0 saturated heterocycles. The molecule has 0 radical (unpaired) electrons. The third-order valence-corrected chi connectivity index (χ3v) is 5.05. The van der Waals surface area contributed by atoms with Crippen LogP contribution in [0.3, 0.4) is 0 Å². The fraction of sp³-hybridized carbons (Fsp3) is 0.217. The van der Waals surface area contributed by atoms with Crippen molar-refractivity contribution in [2.75, 3.05) is 11.4 Å². The first-order valence-electron chi connectivity index (χ1n) is 8.90. The van der Waals surface area contributed by atoms with Gasteiger partial charge in [0.15, 0.2) is 0 Å². The molecule has 0 aromatic heterocycles. The molecule has 1 aliphatic rings. The molecule has 3 aromatic rings. The topological polar surface area (TPSA) is 23.5 Å². The van der Waals surface area contributed by atoms with Crippen LogP contribution in [-0.2, 0) is 19.3 Å². The Morgan fingerprint density at radius 2 is 1.24 bits per heavy atom. The van der Waals surface area contributed by atoms with Crippen LogP contribution in [0, 0.1) is 0 Å². The lowest BCUT2D eigenvalue weighted by molar-refractivity contribution is 0.0386. The van der Waals surface area contributed by atoms with Gasteiger partial charge in [0.2, 0.25) is 0 Å². The smallest absolute Gasteiger partial charge is 0.146 e. The summed E-state index contributed by atoms with van der Waals surface area (Å²) in [6.07, 6.45) is 2.20. The molecule has 1 aliphatic heterocycles. The number of nitrogens with zero attached hydrogens (tertiary/aromatic N) is 1. The summed E-state index contributed by atoms with van der Waals surface area (Å²) in [5.74, 6) is 0. The van der Waals surface area contributed by atoms with Crippen molar-refractivity contribution >= 4 is 5.69 Å². The van der Waals surface area contributed by atoms with Gasteiger partial charge in [0.1, 0.15) is 5.72 Å². The number of benzene rings is 3. The largest absolute Gasteiger partial charge is 0.370 e. The van der Waals surface area contributed by atoms with Crippen LogP contribution in [0.15, 0.2) is 84.9 Å². The minimum atomic E-state index is -0.935. The second-order valence-corrected chi connectivity index (χ2v) is 6.84. The summed E-state index contributed by atoms with van der Waals surface area (Å²) >= 11 is 0. The lowest BCUT2D eigenvalue weighted by Gasteiger charge is -2.40. The normalized spacial score (nSPS) is 13.7. The maximum Gasteiger partial charge on any atom is 0.146 e. The van der Waals surface area contributed by atoms with Crippen molar-refractivity contribution in [3.63, 3.8) is 0 Å². The molecule has 3 aromatic carbocycles. The molecule has 2 nitrogen and oxygen atoms in total. The van der Waals surface area contributed by atoms with E-state index in [2.05, 4.69) is 53.4 Å². The molecule has 0 fully saturated rings. The van der Waals surface area contributed by atoms with E-state index in [4.69, 9.17) is 0 Å². The molecule has 0 atom stereocenters. The van der Waals surface area contributed by atoms with Crippen molar-refractivity contribution in [1.29, 1.82) is 0 Å². The zero-order valence-corrected chi connectivity index (χ0v) is 14.3. The molecular weight excluding hydrogens is 306 g/mol. The SMILES string of the molecule is OC(Cc1ccccc1)(Cc1ccccc1)N1CCc2ccccc21. The Morgan fingerprint density at radius 3 is 1.84 bits per heavy atom. The van der Waals surface area contributed by atoms with Gasteiger partial charge in [0, 0.05) is 25.1 Å². The van der Waals surface area contributed by atoms with Crippen LogP contribution >= 0.6 is 0 Å². The molecule has 1 heterocycles. The summed E-state index contributed by atoms with van der Waals surface area (Å²) in [5.41, 5.74) is 3.87. The summed E-state index contributed by atoms with van der Waals surface area (Å²) < 4.78 is 0. The Morgan fingerprint density at radius 1 is 0.720 bits per heavy atom. The highest BCUT2D eigenvalue weighted by Gasteiger charge is 2.38. The first kappa shape index (κ1) is 15.9. The average Bonchev–Trinajstić information content (AvgIpc) is 3.08. The van der Waals surface area contributed by atoms with Gasteiger partial charge in [-0.05, 0) is 29.2 Å². The molecule has 126 valence electrons. The van der Waals surface area contributed by atoms with Gasteiger partial charge in [-0.2, -0.15) is 0 Å². The highest BCUT2D eigenvalue weighted by Crippen LogP contribution is 2.36. The van der Waals surface area contributed by atoms with E-state index in [0.717, 1.165) is 29.8 Å². The Bertz CT molecular complexity index is 787. The zero-order valence-electron chi connectivity index (χ0n) is 14.3. The van der Waals surface area contributed by atoms with Gasteiger partial charge in [-0.15, -0.1) is 0 Å². The quantitative estimate of drug-likeness (QED) is 0.757. The van der Waals surface area contributed by atoms with Crippen molar-refractivity contribution in [3.8, 4) is 0 Å². The second-order valence-electron chi connectivity index (χ2n) is 6.84. The number of para-hydroxylation sites is 1. The third kappa shape index (κ3) is 3.31. The van der Waals surface area contributed by atoms with Crippen LogP contribution in [0.4, 0.5) is 5.69 Å². The number of hydrogen-bond donors (Lipinski definition) is 1.